The Hall–Kier alpha value is -1.94. The molecule has 4 heteroatoms. The fraction of sp³-hybridized carbons (Fsp3) is 0.353. The fourth-order valence-corrected chi connectivity index (χ4v) is 2.35. The van der Waals surface area contributed by atoms with Crippen molar-refractivity contribution in [3.05, 3.63) is 54.1 Å². The number of para-hydroxylation sites is 1. The van der Waals surface area contributed by atoms with Gasteiger partial charge in [-0.1, -0.05) is 19.1 Å². The number of anilines is 2. The first-order valence-corrected chi connectivity index (χ1v) is 7.43. The zero-order chi connectivity index (χ0) is 15.1. The van der Waals surface area contributed by atoms with E-state index >= 15 is 0 Å². The fourth-order valence-electron chi connectivity index (χ4n) is 2.35. The molecule has 1 heterocycles. The molecule has 0 saturated carbocycles. The second-order valence-electron chi connectivity index (χ2n) is 4.88. The molecule has 1 aromatic heterocycles. The molecule has 0 amide bonds. The van der Waals surface area contributed by atoms with Gasteiger partial charge in [0.15, 0.2) is 0 Å². The van der Waals surface area contributed by atoms with Crippen LogP contribution in [-0.4, -0.2) is 18.1 Å². The maximum atomic E-state index is 14.1. The van der Waals surface area contributed by atoms with Gasteiger partial charge in [-0.3, -0.25) is 4.98 Å². The van der Waals surface area contributed by atoms with E-state index in [-0.39, 0.29) is 5.82 Å². The van der Waals surface area contributed by atoms with Crippen LogP contribution in [0.4, 0.5) is 15.8 Å². The minimum atomic E-state index is -0.212. The number of rotatable bonds is 7. The van der Waals surface area contributed by atoms with E-state index in [1.807, 2.05) is 24.0 Å². The van der Waals surface area contributed by atoms with Crippen molar-refractivity contribution in [2.75, 3.05) is 18.0 Å². The summed E-state index contributed by atoms with van der Waals surface area (Å²) in [7, 11) is 0. The third-order valence-electron chi connectivity index (χ3n) is 3.38. The van der Waals surface area contributed by atoms with Crippen LogP contribution in [0.5, 0.6) is 0 Å². The molecular weight excluding hydrogens is 265 g/mol. The van der Waals surface area contributed by atoms with E-state index in [0.717, 1.165) is 30.8 Å². The predicted molar refractivity (Wildman–Crippen MR) is 85.3 cm³/mol. The molecule has 0 bridgehead atoms. The zero-order valence-electron chi connectivity index (χ0n) is 12.6. The summed E-state index contributed by atoms with van der Waals surface area (Å²) >= 11 is 0. The first-order chi connectivity index (χ1) is 10.3. The number of pyridine rings is 1. The monoisotopic (exact) mass is 287 g/mol. The van der Waals surface area contributed by atoms with Gasteiger partial charge in [0.2, 0.25) is 0 Å². The third-order valence-corrected chi connectivity index (χ3v) is 3.38. The van der Waals surface area contributed by atoms with Gasteiger partial charge >= 0.3 is 0 Å². The van der Waals surface area contributed by atoms with E-state index in [4.69, 9.17) is 0 Å². The molecular formula is C17H22FN3. The standard InChI is InChI=1S/C17H22FN3/c1-3-10-19-12-14-9-11-20-13-17(14)21(4-2)16-8-6-5-7-15(16)18/h5-9,11,13,19H,3-4,10,12H2,1-2H3. The Morgan fingerprint density at radius 3 is 2.67 bits per heavy atom. The third kappa shape index (κ3) is 3.79. The number of hydrogen-bond acceptors (Lipinski definition) is 3. The average Bonchev–Trinajstić information content (AvgIpc) is 2.51. The topological polar surface area (TPSA) is 28.2 Å². The minimum Gasteiger partial charge on any atom is -0.338 e. The highest BCUT2D eigenvalue weighted by molar-refractivity contribution is 5.65. The van der Waals surface area contributed by atoms with E-state index in [2.05, 4.69) is 17.2 Å². The summed E-state index contributed by atoms with van der Waals surface area (Å²) in [4.78, 5) is 6.17. The molecule has 1 aromatic carbocycles. The van der Waals surface area contributed by atoms with Crippen LogP contribution in [0, 0.1) is 5.82 Å². The van der Waals surface area contributed by atoms with Crippen LogP contribution in [0.1, 0.15) is 25.8 Å². The second kappa shape index (κ2) is 7.74. The van der Waals surface area contributed by atoms with E-state index in [0.29, 0.717) is 12.2 Å². The van der Waals surface area contributed by atoms with Crippen LogP contribution in [0.25, 0.3) is 0 Å². The minimum absolute atomic E-state index is 0.212. The molecule has 0 saturated heterocycles. The summed E-state index contributed by atoms with van der Waals surface area (Å²) in [5.41, 5.74) is 2.67. The first kappa shape index (κ1) is 15.4. The second-order valence-corrected chi connectivity index (χ2v) is 4.88. The smallest absolute Gasteiger partial charge is 0.146 e. The van der Waals surface area contributed by atoms with Crippen molar-refractivity contribution < 1.29 is 4.39 Å². The first-order valence-electron chi connectivity index (χ1n) is 7.43. The molecule has 0 radical (unpaired) electrons. The molecule has 112 valence electrons. The average molecular weight is 287 g/mol. The molecule has 1 N–H and O–H groups in total. The van der Waals surface area contributed by atoms with Crippen molar-refractivity contribution in [1.82, 2.24) is 10.3 Å². The Kier molecular flexibility index (Phi) is 5.69. The zero-order valence-corrected chi connectivity index (χ0v) is 12.6. The Labute approximate surface area is 125 Å². The Bertz CT molecular complexity index is 571. The largest absolute Gasteiger partial charge is 0.338 e. The summed E-state index contributed by atoms with van der Waals surface area (Å²) in [6.07, 6.45) is 4.67. The number of aromatic nitrogens is 1. The number of nitrogens with zero attached hydrogens (tertiary/aromatic N) is 2. The normalized spacial score (nSPS) is 10.6. The molecule has 2 aromatic rings. The molecule has 0 spiro atoms. The molecule has 0 atom stereocenters. The highest BCUT2D eigenvalue weighted by Crippen LogP contribution is 2.29. The van der Waals surface area contributed by atoms with Crippen molar-refractivity contribution in [2.45, 2.75) is 26.8 Å². The lowest BCUT2D eigenvalue weighted by atomic mass is 10.1. The summed E-state index contributed by atoms with van der Waals surface area (Å²) in [5, 5.41) is 3.39. The quantitative estimate of drug-likeness (QED) is 0.783. The van der Waals surface area contributed by atoms with Gasteiger partial charge in [0.05, 0.1) is 17.6 Å². The van der Waals surface area contributed by atoms with Gasteiger partial charge in [-0.25, -0.2) is 4.39 Å². The Morgan fingerprint density at radius 2 is 1.95 bits per heavy atom. The van der Waals surface area contributed by atoms with E-state index < -0.39 is 0 Å². The molecule has 0 aliphatic heterocycles. The molecule has 0 unspecified atom stereocenters. The van der Waals surface area contributed by atoms with Gasteiger partial charge in [0.1, 0.15) is 5.82 Å². The maximum Gasteiger partial charge on any atom is 0.146 e. The van der Waals surface area contributed by atoms with Crippen LogP contribution < -0.4 is 10.2 Å². The maximum absolute atomic E-state index is 14.1. The molecule has 3 nitrogen and oxygen atoms in total. The summed E-state index contributed by atoms with van der Waals surface area (Å²) in [5.74, 6) is -0.212. The molecule has 0 aliphatic carbocycles. The lowest BCUT2D eigenvalue weighted by Crippen LogP contribution is -2.22. The van der Waals surface area contributed by atoms with Gasteiger partial charge < -0.3 is 10.2 Å². The van der Waals surface area contributed by atoms with Gasteiger partial charge in [-0.15, -0.1) is 0 Å². The highest BCUT2D eigenvalue weighted by atomic mass is 19.1. The number of halogens is 1. The van der Waals surface area contributed by atoms with Crippen LogP contribution in [-0.2, 0) is 6.54 Å². The van der Waals surface area contributed by atoms with Crippen LogP contribution in [0.3, 0.4) is 0 Å². The van der Waals surface area contributed by atoms with Crippen LogP contribution in [0.2, 0.25) is 0 Å². The summed E-state index contributed by atoms with van der Waals surface area (Å²) in [6.45, 7) is 6.57. The van der Waals surface area contributed by atoms with E-state index in [1.54, 1.807) is 24.5 Å². The lowest BCUT2D eigenvalue weighted by molar-refractivity contribution is 0.625. The van der Waals surface area contributed by atoms with Crippen molar-refractivity contribution >= 4 is 11.4 Å². The van der Waals surface area contributed by atoms with Crippen molar-refractivity contribution in [1.29, 1.82) is 0 Å². The molecule has 2 rings (SSSR count). The predicted octanol–water partition coefficient (Wildman–Crippen LogP) is 3.88. The Balaban J connectivity index is 2.32. The number of nitrogens with one attached hydrogen (secondary N) is 1. The number of hydrogen-bond donors (Lipinski definition) is 1. The van der Waals surface area contributed by atoms with E-state index in [9.17, 15) is 4.39 Å². The van der Waals surface area contributed by atoms with E-state index in [1.165, 1.54) is 6.07 Å². The van der Waals surface area contributed by atoms with Gasteiger partial charge in [0, 0.05) is 19.3 Å². The molecule has 0 aliphatic rings. The van der Waals surface area contributed by atoms with Crippen LogP contribution in [0.15, 0.2) is 42.7 Å². The van der Waals surface area contributed by atoms with Crippen molar-refractivity contribution in [3.63, 3.8) is 0 Å². The Morgan fingerprint density at radius 1 is 1.14 bits per heavy atom. The lowest BCUT2D eigenvalue weighted by Gasteiger charge is -2.26. The summed E-state index contributed by atoms with van der Waals surface area (Å²) in [6, 6.07) is 8.84. The van der Waals surface area contributed by atoms with Gasteiger partial charge in [0.25, 0.3) is 0 Å². The number of benzene rings is 1. The highest BCUT2D eigenvalue weighted by Gasteiger charge is 2.14. The van der Waals surface area contributed by atoms with Crippen molar-refractivity contribution in [2.24, 2.45) is 0 Å². The van der Waals surface area contributed by atoms with Crippen molar-refractivity contribution in [3.8, 4) is 0 Å². The SMILES string of the molecule is CCCNCc1ccncc1N(CC)c1ccccc1F. The summed E-state index contributed by atoms with van der Waals surface area (Å²) < 4.78 is 14.1. The van der Waals surface area contributed by atoms with Gasteiger partial charge in [-0.2, -0.15) is 0 Å². The van der Waals surface area contributed by atoms with Gasteiger partial charge in [-0.05, 0) is 43.7 Å². The molecule has 0 fully saturated rings. The molecule has 21 heavy (non-hydrogen) atoms. The van der Waals surface area contributed by atoms with Crippen LogP contribution >= 0.6 is 0 Å².